The van der Waals surface area contributed by atoms with Crippen LogP contribution in [-0.4, -0.2) is 16.7 Å². The molecule has 102 valence electrons. The van der Waals surface area contributed by atoms with Gasteiger partial charge in [-0.25, -0.2) is 9.37 Å². The first-order chi connectivity index (χ1) is 9.11. The fourth-order valence-electron chi connectivity index (χ4n) is 1.97. The zero-order valence-corrected chi connectivity index (χ0v) is 11.4. The Labute approximate surface area is 112 Å². The summed E-state index contributed by atoms with van der Waals surface area (Å²) in [5.74, 6) is 0.427. The van der Waals surface area contributed by atoms with Crippen molar-refractivity contribution in [2.24, 2.45) is 7.05 Å². The van der Waals surface area contributed by atoms with Crippen LogP contribution in [0.5, 0.6) is 5.75 Å². The Bertz CT molecular complexity index is 553. The number of halogens is 1. The molecule has 1 N–H and O–H groups in total. The summed E-state index contributed by atoms with van der Waals surface area (Å²) in [6.07, 6.45) is 3.56. The van der Waals surface area contributed by atoms with Gasteiger partial charge in [0.25, 0.3) is 0 Å². The Kier molecular flexibility index (Phi) is 4.16. The molecule has 0 aliphatic carbocycles. The van der Waals surface area contributed by atoms with Gasteiger partial charge in [-0.15, -0.1) is 0 Å². The van der Waals surface area contributed by atoms with Crippen LogP contribution in [0.15, 0.2) is 30.7 Å². The van der Waals surface area contributed by atoms with E-state index >= 15 is 0 Å². The number of methoxy groups -OCH3 is 1. The van der Waals surface area contributed by atoms with Crippen molar-refractivity contribution in [1.29, 1.82) is 0 Å². The number of aryl methyl sites for hydroxylation is 1. The van der Waals surface area contributed by atoms with Crippen molar-refractivity contribution in [2.45, 2.75) is 19.5 Å². The maximum Gasteiger partial charge on any atom is 0.123 e. The Morgan fingerprint density at radius 1 is 1.47 bits per heavy atom. The van der Waals surface area contributed by atoms with Crippen LogP contribution in [0.3, 0.4) is 0 Å². The zero-order chi connectivity index (χ0) is 13.8. The van der Waals surface area contributed by atoms with Crippen LogP contribution in [0.4, 0.5) is 4.39 Å². The summed E-state index contributed by atoms with van der Waals surface area (Å²) in [7, 11) is 3.53. The molecule has 0 fully saturated rings. The second-order valence-electron chi connectivity index (χ2n) is 4.48. The Morgan fingerprint density at radius 3 is 2.89 bits per heavy atom. The molecule has 1 unspecified atom stereocenters. The SMILES string of the molecule is COc1ccc(F)cc1C(C)NCc1cncn1C. The molecule has 1 atom stereocenters. The quantitative estimate of drug-likeness (QED) is 0.900. The minimum absolute atomic E-state index is 0.0134. The third-order valence-corrected chi connectivity index (χ3v) is 3.16. The molecule has 1 heterocycles. The Hall–Kier alpha value is -1.88. The molecule has 0 aliphatic heterocycles. The van der Waals surface area contributed by atoms with Crippen molar-refractivity contribution in [1.82, 2.24) is 14.9 Å². The smallest absolute Gasteiger partial charge is 0.123 e. The van der Waals surface area contributed by atoms with Crippen molar-refractivity contribution in [3.05, 3.63) is 47.8 Å². The maximum atomic E-state index is 13.3. The first kappa shape index (κ1) is 13.5. The first-order valence-corrected chi connectivity index (χ1v) is 6.14. The number of hydrogen-bond donors (Lipinski definition) is 1. The molecule has 1 aromatic carbocycles. The predicted octanol–water partition coefficient (Wildman–Crippen LogP) is 2.42. The number of imidazole rings is 1. The van der Waals surface area contributed by atoms with Crippen LogP contribution in [0.1, 0.15) is 24.2 Å². The van der Waals surface area contributed by atoms with Crippen LogP contribution in [0.25, 0.3) is 0 Å². The molecule has 1 aromatic heterocycles. The molecule has 0 amide bonds. The van der Waals surface area contributed by atoms with Crippen molar-refractivity contribution < 1.29 is 9.13 Å². The summed E-state index contributed by atoms with van der Waals surface area (Å²) in [6.45, 7) is 2.64. The standard InChI is InChI=1S/C14H18FN3O/c1-10(17-8-12-7-16-9-18(12)2)13-6-11(15)4-5-14(13)19-3/h4-7,9-10,17H,8H2,1-3H3. The van der Waals surface area contributed by atoms with E-state index in [-0.39, 0.29) is 11.9 Å². The second kappa shape index (κ2) is 5.84. The maximum absolute atomic E-state index is 13.3. The van der Waals surface area contributed by atoms with Gasteiger partial charge in [0.2, 0.25) is 0 Å². The van der Waals surface area contributed by atoms with Gasteiger partial charge in [-0.05, 0) is 25.1 Å². The normalized spacial score (nSPS) is 12.4. The molecule has 5 heteroatoms. The average Bonchev–Trinajstić information content (AvgIpc) is 2.81. The fourth-order valence-corrected chi connectivity index (χ4v) is 1.97. The number of nitrogens with zero attached hydrogens (tertiary/aromatic N) is 2. The average molecular weight is 263 g/mol. The van der Waals surface area contributed by atoms with Gasteiger partial charge in [0.05, 0.1) is 19.1 Å². The monoisotopic (exact) mass is 263 g/mol. The number of hydrogen-bond acceptors (Lipinski definition) is 3. The highest BCUT2D eigenvalue weighted by Gasteiger charge is 2.12. The van der Waals surface area contributed by atoms with E-state index < -0.39 is 0 Å². The van der Waals surface area contributed by atoms with E-state index in [9.17, 15) is 4.39 Å². The minimum atomic E-state index is -0.259. The van der Waals surface area contributed by atoms with Crippen molar-refractivity contribution in [3.8, 4) is 5.75 Å². The molecule has 0 saturated carbocycles. The molecule has 2 rings (SSSR count). The number of rotatable bonds is 5. The Balaban J connectivity index is 2.09. The Morgan fingerprint density at radius 2 is 2.26 bits per heavy atom. The largest absolute Gasteiger partial charge is 0.496 e. The van der Waals surface area contributed by atoms with E-state index in [2.05, 4.69) is 10.3 Å². The molecular formula is C14H18FN3O. The number of benzene rings is 1. The highest BCUT2D eigenvalue weighted by Crippen LogP contribution is 2.25. The lowest BCUT2D eigenvalue weighted by atomic mass is 10.1. The topological polar surface area (TPSA) is 39.1 Å². The lowest BCUT2D eigenvalue weighted by Crippen LogP contribution is -2.20. The van der Waals surface area contributed by atoms with Crippen LogP contribution in [-0.2, 0) is 13.6 Å². The minimum Gasteiger partial charge on any atom is -0.496 e. The molecule has 4 nitrogen and oxygen atoms in total. The number of ether oxygens (including phenoxy) is 1. The molecule has 0 spiro atoms. The van der Waals surface area contributed by atoms with E-state index in [0.717, 1.165) is 11.3 Å². The summed E-state index contributed by atoms with van der Waals surface area (Å²) in [6, 6.07) is 4.53. The lowest BCUT2D eigenvalue weighted by molar-refractivity contribution is 0.399. The van der Waals surface area contributed by atoms with Gasteiger partial charge in [-0.2, -0.15) is 0 Å². The van der Waals surface area contributed by atoms with Crippen molar-refractivity contribution in [3.63, 3.8) is 0 Å². The van der Waals surface area contributed by atoms with Gasteiger partial charge in [-0.1, -0.05) is 0 Å². The van der Waals surface area contributed by atoms with E-state index in [4.69, 9.17) is 4.74 Å². The molecule has 0 radical (unpaired) electrons. The molecule has 0 aliphatic rings. The summed E-state index contributed by atoms with van der Waals surface area (Å²) in [5.41, 5.74) is 1.88. The first-order valence-electron chi connectivity index (χ1n) is 6.14. The molecule has 0 saturated heterocycles. The van der Waals surface area contributed by atoms with E-state index in [1.807, 2.05) is 24.7 Å². The van der Waals surface area contributed by atoms with E-state index in [1.165, 1.54) is 12.1 Å². The van der Waals surface area contributed by atoms with Gasteiger partial charge in [0.1, 0.15) is 11.6 Å². The molecular weight excluding hydrogens is 245 g/mol. The van der Waals surface area contributed by atoms with Crippen molar-refractivity contribution >= 4 is 0 Å². The summed E-state index contributed by atoms with van der Waals surface area (Å²) < 4.78 is 20.5. The second-order valence-corrected chi connectivity index (χ2v) is 4.48. The zero-order valence-electron chi connectivity index (χ0n) is 11.4. The van der Waals surface area contributed by atoms with Crippen LogP contribution < -0.4 is 10.1 Å². The highest BCUT2D eigenvalue weighted by molar-refractivity contribution is 5.36. The van der Waals surface area contributed by atoms with Crippen molar-refractivity contribution in [2.75, 3.05) is 7.11 Å². The van der Waals surface area contributed by atoms with Gasteiger partial charge >= 0.3 is 0 Å². The van der Waals surface area contributed by atoms with E-state index in [0.29, 0.717) is 12.3 Å². The number of aromatic nitrogens is 2. The highest BCUT2D eigenvalue weighted by atomic mass is 19.1. The van der Waals surface area contributed by atoms with Gasteiger partial charge in [0.15, 0.2) is 0 Å². The summed E-state index contributed by atoms with van der Waals surface area (Å²) >= 11 is 0. The van der Waals surface area contributed by atoms with Crippen LogP contribution in [0.2, 0.25) is 0 Å². The fraction of sp³-hybridized carbons (Fsp3) is 0.357. The summed E-state index contributed by atoms with van der Waals surface area (Å²) in [4.78, 5) is 4.06. The molecule has 2 aromatic rings. The van der Waals surface area contributed by atoms with Gasteiger partial charge in [0, 0.05) is 31.4 Å². The molecule has 19 heavy (non-hydrogen) atoms. The predicted molar refractivity (Wildman–Crippen MR) is 71.4 cm³/mol. The third-order valence-electron chi connectivity index (χ3n) is 3.16. The van der Waals surface area contributed by atoms with E-state index in [1.54, 1.807) is 19.5 Å². The molecule has 0 bridgehead atoms. The number of nitrogens with one attached hydrogen (secondary N) is 1. The third kappa shape index (κ3) is 3.12. The van der Waals surface area contributed by atoms with Gasteiger partial charge in [-0.3, -0.25) is 0 Å². The summed E-state index contributed by atoms with van der Waals surface area (Å²) in [5, 5.41) is 3.34. The lowest BCUT2D eigenvalue weighted by Gasteiger charge is -2.17. The van der Waals surface area contributed by atoms with Crippen LogP contribution >= 0.6 is 0 Å². The van der Waals surface area contributed by atoms with Crippen LogP contribution in [0, 0.1) is 5.82 Å². The van der Waals surface area contributed by atoms with Gasteiger partial charge < -0.3 is 14.6 Å².